The van der Waals surface area contributed by atoms with Crippen LogP contribution in [0.2, 0.25) is 0 Å². The average molecular weight is 1050 g/mol. The standard InChI is InChI=1S/C20H23FN6.C19H22FN7.C17H24N6/c21-14-7-8-16-15(11-14)20(26-25-16)23-17-12-18(27-9-4-10-27)24-19(22-17)13-5-2-1-3-6-13;20-13-9-14-18(21-11-13)25-26-19(14)23-15-10-16(27-7-4-8-27)24-17(22-15)12-5-2-1-3-6-12;1-12-10-15(22-21-12)18-14-11-16(23-8-5-9-23)20-17(19-14)13-6-3-2-4-7-13/h7-8,11-13H,1-6,9-10H2,(H2,22,23,24,25,26);9-12H,1-8H2,(H2,21,22,23,24,25,26);10-11,13H,2-9H2,1H3,(H2,18,19,20,21,22). The van der Waals surface area contributed by atoms with Crippen LogP contribution in [0.1, 0.15) is 156 Å². The lowest BCUT2D eigenvalue weighted by molar-refractivity contribution is 0.428. The lowest BCUT2D eigenvalue weighted by Gasteiger charge is -2.33. The predicted octanol–water partition coefficient (Wildman–Crippen LogP) is 11.9. The second-order valence-electron chi connectivity index (χ2n) is 21.6. The van der Waals surface area contributed by atoms with Crippen molar-refractivity contribution < 1.29 is 8.78 Å². The molecule has 3 aliphatic heterocycles. The number of rotatable bonds is 12. The Morgan fingerprint density at radius 1 is 0.455 bits per heavy atom. The molecular weight excluding hydrogens is 977 g/mol. The molecule has 7 aromatic heterocycles. The highest BCUT2D eigenvalue weighted by Crippen LogP contribution is 2.37. The highest BCUT2D eigenvalue weighted by molar-refractivity contribution is 5.91. The van der Waals surface area contributed by atoms with Gasteiger partial charge in [0.2, 0.25) is 0 Å². The first-order chi connectivity index (χ1) is 37.8. The molecule has 3 saturated heterocycles. The summed E-state index contributed by atoms with van der Waals surface area (Å²) in [6.07, 6.45) is 23.3. The van der Waals surface area contributed by atoms with E-state index in [4.69, 9.17) is 29.9 Å². The second-order valence-corrected chi connectivity index (χ2v) is 21.6. The zero-order chi connectivity index (χ0) is 52.1. The van der Waals surface area contributed by atoms with Crippen molar-refractivity contribution in [3.8, 4) is 0 Å². The van der Waals surface area contributed by atoms with E-state index in [1.807, 2.05) is 25.1 Å². The molecule has 402 valence electrons. The van der Waals surface area contributed by atoms with E-state index >= 15 is 0 Å². The number of H-pyrrole nitrogens is 3. The van der Waals surface area contributed by atoms with Crippen LogP contribution in [0.4, 0.5) is 61.1 Å². The smallest absolute Gasteiger partial charge is 0.183 e. The first-order valence-electron chi connectivity index (χ1n) is 28.2. The van der Waals surface area contributed by atoms with E-state index in [9.17, 15) is 8.78 Å². The molecule has 0 bridgehead atoms. The first-order valence-corrected chi connectivity index (χ1v) is 28.2. The van der Waals surface area contributed by atoms with Gasteiger partial charge < -0.3 is 30.7 Å². The van der Waals surface area contributed by atoms with Gasteiger partial charge >= 0.3 is 0 Å². The zero-order valence-corrected chi connectivity index (χ0v) is 44.0. The van der Waals surface area contributed by atoms with E-state index in [-0.39, 0.29) is 11.6 Å². The Hall–Kier alpha value is -7.58. The average Bonchev–Trinajstić information content (AvgIpc) is 4.16. The van der Waals surface area contributed by atoms with Gasteiger partial charge in [-0.15, -0.1) is 0 Å². The summed E-state index contributed by atoms with van der Waals surface area (Å²) in [4.78, 5) is 39.9. The molecule has 6 aliphatic rings. The molecule has 6 fully saturated rings. The lowest BCUT2D eigenvalue weighted by Crippen LogP contribution is -2.38. The van der Waals surface area contributed by atoms with Gasteiger partial charge in [-0.05, 0) is 89.0 Å². The van der Waals surface area contributed by atoms with Gasteiger partial charge in [0.25, 0.3) is 0 Å². The number of hydrogen-bond acceptors (Lipinski definition) is 16. The van der Waals surface area contributed by atoms with Gasteiger partial charge in [0.05, 0.1) is 17.1 Å². The molecule has 0 amide bonds. The minimum atomic E-state index is -0.390. The van der Waals surface area contributed by atoms with Crippen molar-refractivity contribution in [2.75, 3.05) is 69.9 Å². The van der Waals surface area contributed by atoms with Crippen molar-refractivity contribution in [3.05, 3.63) is 89.5 Å². The molecule has 8 aromatic rings. The Bertz CT molecular complexity index is 3110. The molecule has 0 unspecified atom stereocenters. The van der Waals surface area contributed by atoms with Crippen LogP contribution in [0.5, 0.6) is 0 Å². The third-order valence-electron chi connectivity index (χ3n) is 16.0. The summed E-state index contributed by atoms with van der Waals surface area (Å²) in [7, 11) is 0. The lowest BCUT2D eigenvalue weighted by atomic mass is 9.88. The molecule has 10 heterocycles. The van der Waals surface area contributed by atoms with Gasteiger partial charge in [-0.1, -0.05) is 57.8 Å². The summed E-state index contributed by atoms with van der Waals surface area (Å²) in [6, 6.07) is 14.0. The SMILES string of the molecule is Cc1cc(Nc2cc(N3CCC3)nc(C3CCCCC3)n2)n[nH]1.Fc1ccc2[nH]nc(Nc3cc(N4CCC4)nc(C4CCCCC4)n3)c2c1.Fc1cnc2n[nH]c(Nc3cc(N4CCC4)nc(C4CCCCC4)n3)c2c1. The number of aromatic amines is 3. The Balaban J connectivity index is 0.000000117. The largest absolute Gasteiger partial charge is 0.356 e. The maximum atomic E-state index is 13.7. The fourth-order valence-corrected chi connectivity index (χ4v) is 11.2. The van der Waals surface area contributed by atoms with E-state index in [0.717, 1.165) is 134 Å². The Kier molecular flexibility index (Phi) is 15.0. The minimum absolute atomic E-state index is 0.279. The first kappa shape index (κ1) is 50.2. The molecule has 19 nitrogen and oxygen atoms in total. The maximum Gasteiger partial charge on any atom is 0.183 e. The number of pyridine rings is 1. The van der Waals surface area contributed by atoms with Crippen LogP contribution in [0, 0.1) is 18.6 Å². The van der Waals surface area contributed by atoms with E-state index in [1.54, 1.807) is 6.07 Å². The van der Waals surface area contributed by atoms with Crippen LogP contribution in [0.15, 0.2) is 54.7 Å². The number of anilines is 9. The molecular formula is C56H69F2N19. The van der Waals surface area contributed by atoms with E-state index in [0.29, 0.717) is 46.2 Å². The zero-order valence-electron chi connectivity index (χ0n) is 44.0. The van der Waals surface area contributed by atoms with Crippen LogP contribution in [-0.4, -0.2) is 105 Å². The molecule has 6 N–H and O–H groups in total. The number of halogens is 2. The minimum Gasteiger partial charge on any atom is -0.356 e. The van der Waals surface area contributed by atoms with Gasteiger partial charge in [0.1, 0.15) is 69.8 Å². The molecule has 21 heteroatoms. The number of aryl methyl sites for hydroxylation is 1. The summed E-state index contributed by atoms with van der Waals surface area (Å²) >= 11 is 0. The Morgan fingerprint density at radius 3 is 1.43 bits per heavy atom. The normalized spacial score (nSPS) is 18.1. The van der Waals surface area contributed by atoms with Gasteiger partial charge in [0, 0.05) is 92.4 Å². The number of nitrogens with zero attached hydrogens (tertiary/aromatic N) is 13. The van der Waals surface area contributed by atoms with E-state index in [2.05, 4.69) is 72.3 Å². The molecule has 0 atom stereocenters. The quantitative estimate of drug-likeness (QED) is 0.0669. The fraction of sp³-hybridized carbons (Fsp3) is 0.500. The molecule has 1 aromatic carbocycles. The van der Waals surface area contributed by atoms with Crippen molar-refractivity contribution in [1.82, 2.24) is 65.5 Å². The van der Waals surface area contributed by atoms with Gasteiger partial charge in [0.15, 0.2) is 17.3 Å². The summed E-state index contributed by atoms with van der Waals surface area (Å²) < 4.78 is 27.3. The third-order valence-corrected chi connectivity index (χ3v) is 16.0. The van der Waals surface area contributed by atoms with Crippen LogP contribution in [-0.2, 0) is 0 Å². The van der Waals surface area contributed by atoms with E-state index < -0.39 is 0 Å². The highest BCUT2D eigenvalue weighted by Gasteiger charge is 2.27. The van der Waals surface area contributed by atoms with Gasteiger partial charge in [-0.3, -0.25) is 15.3 Å². The second kappa shape index (κ2) is 22.9. The van der Waals surface area contributed by atoms with Crippen LogP contribution in [0.3, 0.4) is 0 Å². The molecule has 0 spiro atoms. The summed E-state index contributed by atoms with van der Waals surface area (Å²) in [5.74, 6) is 10.8. The van der Waals surface area contributed by atoms with Gasteiger partial charge in [-0.25, -0.2) is 43.7 Å². The number of fused-ring (bicyclic) bond motifs is 2. The number of hydrogen-bond donors (Lipinski definition) is 6. The van der Waals surface area contributed by atoms with E-state index in [1.165, 1.54) is 114 Å². The monoisotopic (exact) mass is 1050 g/mol. The number of nitrogens with one attached hydrogen (secondary N) is 6. The number of benzene rings is 1. The Labute approximate surface area is 446 Å². The Morgan fingerprint density at radius 2 is 0.948 bits per heavy atom. The molecule has 0 radical (unpaired) electrons. The van der Waals surface area contributed by atoms with Crippen molar-refractivity contribution in [1.29, 1.82) is 0 Å². The molecule has 14 rings (SSSR count). The molecule has 3 saturated carbocycles. The highest BCUT2D eigenvalue weighted by atomic mass is 19.1. The fourth-order valence-electron chi connectivity index (χ4n) is 11.2. The third kappa shape index (κ3) is 11.9. The predicted molar refractivity (Wildman–Crippen MR) is 297 cm³/mol. The van der Waals surface area contributed by atoms with Crippen molar-refractivity contribution in [2.24, 2.45) is 0 Å². The molecule has 3 aliphatic carbocycles. The van der Waals surface area contributed by atoms with Crippen LogP contribution in [0.25, 0.3) is 21.9 Å². The summed E-state index contributed by atoms with van der Waals surface area (Å²) in [5.41, 5.74) is 2.31. The van der Waals surface area contributed by atoms with Crippen LogP contribution >= 0.6 is 0 Å². The summed E-state index contributed by atoms with van der Waals surface area (Å²) in [6.45, 7) is 8.33. The topological polar surface area (TPSA) is 222 Å². The van der Waals surface area contributed by atoms with Crippen molar-refractivity contribution in [2.45, 2.75) is 140 Å². The van der Waals surface area contributed by atoms with Gasteiger partial charge in [-0.2, -0.15) is 15.3 Å². The molecule has 77 heavy (non-hydrogen) atoms. The van der Waals surface area contributed by atoms with Crippen molar-refractivity contribution >= 4 is 74.3 Å². The number of aromatic nitrogens is 13. The van der Waals surface area contributed by atoms with Crippen molar-refractivity contribution in [3.63, 3.8) is 0 Å². The summed E-state index contributed by atoms with van der Waals surface area (Å²) in [5, 5.41) is 32.7. The maximum absolute atomic E-state index is 13.7. The van der Waals surface area contributed by atoms with Crippen LogP contribution < -0.4 is 30.7 Å².